The highest BCUT2D eigenvalue weighted by molar-refractivity contribution is 5.22. The number of unbranched alkanes of at least 4 members (excludes halogenated alkanes) is 1. The van der Waals surface area contributed by atoms with Crippen molar-refractivity contribution in [2.24, 2.45) is 11.8 Å². The molecule has 0 N–H and O–H groups in total. The number of benzene rings is 1. The maximum atomic E-state index is 5.69. The summed E-state index contributed by atoms with van der Waals surface area (Å²) in [6.07, 6.45) is 16.8. The molecule has 0 bridgehead atoms. The molecule has 0 aliphatic heterocycles. The minimum Gasteiger partial charge on any atom is -0.377 e. The largest absolute Gasteiger partial charge is 0.377 e. The normalized spacial score (nSPS) is 21.2. The van der Waals surface area contributed by atoms with Gasteiger partial charge in [-0.05, 0) is 81.3 Å². The van der Waals surface area contributed by atoms with Gasteiger partial charge >= 0.3 is 0 Å². The smallest absolute Gasteiger partial charge is 0.0716 e. The molecule has 0 heterocycles. The van der Waals surface area contributed by atoms with Gasteiger partial charge in [0.05, 0.1) is 6.61 Å². The first kappa shape index (κ1) is 19.0. The van der Waals surface area contributed by atoms with Gasteiger partial charge in [0.1, 0.15) is 0 Å². The van der Waals surface area contributed by atoms with Crippen LogP contribution in [0, 0.1) is 11.8 Å². The number of ether oxygens (including phenoxy) is 1. The fraction of sp³-hybridized carbons (Fsp3) is 0.565. The molecule has 0 amide bonds. The molecule has 1 nitrogen and oxygen atoms in total. The predicted molar refractivity (Wildman–Crippen MR) is 104 cm³/mol. The van der Waals surface area contributed by atoms with Gasteiger partial charge in [-0.3, -0.25) is 0 Å². The van der Waals surface area contributed by atoms with Crippen LogP contribution < -0.4 is 0 Å². The van der Waals surface area contributed by atoms with Gasteiger partial charge in [0.25, 0.3) is 0 Å². The van der Waals surface area contributed by atoms with Crippen LogP contribution in [0.5, 0.6) is 0 Å². The third kappa shape index (κ3) is 7.05. The van der Waals surface area contributed by atoms with E-state index in [0.29, 0.717) is 0 Å². The van der Waals surface area contributed by atoms with Crippen LogP contribution in [0.4, 0.5) is 0 Å². The van der Waals surface area contributed by atoms with Crippen LogP contribution in [0.1, 0.15) is 63.0 Å². The first-order valence-electron chi connectivity index (χ1n) is 9.71. The molecule has 1 aromatic carbocycles. The summed E-state index contributed by atoms with van der Waals surface area (Å²) in [4.78, 5) is 0. The Bertz CT molecular complexity index is 477. The van der Waals surface area contributed by atoms with Crippen LogP contribution in [0.3, 0.4) is 0 Å². The molecule has 1 fully saturated rings. The molecule has 0 unspecified atom stereocenters. The molecule has 132 valence electrons. The average Bonchev–Trinajstić information content (AvgIpc) is 2.62. The predicted octanol–water partition coefficient (Wildman–Crippen LogP) is 6.48. The molecular formula is C23H34O. The SMILES string of the molecule is C=CCCCOCc1ccc(CCC2CCC(C=CC)CC2)cc1. The Kier molecular flexibility index (Phi) is 8.91. The van der Waals surface area contributed by atoms with Gasteiger partial charge < -0.3 is 4.74 Å². The van der Waals surface area contributed by atoms with E-state index in [1.165, 1.54) is 49.7 Å². The van der Waals surface area contributed by atoms with Crippen LogP contribution in [0.15, 0.2) is 49.1 Å². The zero-order valence-electron chi connectivity index (χ0n) is 15.4. The number of aryl methyl sites for hydroxylation is 1. The number of allylic oxidation sites excluding steroid dienone is 3. The summed E-state index contributed by atoms with van der Waals surface area (Å²) in [6, 6.07) is 9.03. The van der Waals surface area contributed by atoms with Gasteiger partial charge in [-0.1, -0.05) is 42.5 Å². The summed E-state index contributed by atoms with van der Waals surface area (Å²) >= 11 is 0. The Hall–Kier alpha value is -1.34. The van der Waals surface area contributed by atoms with Gasteiger partial charge in [0.15, 0.2) is 0 Å². The van der Waals surface area contributed by atoms with Crippen molar-refractivity contribution in [3.63, 3.8) is 0 Å². The van der Waals surface area contributed by atoms with Gasteiger partial charge in [-0.25, -0.2) is 0 Å². The molecule has 1 aromatic rings. The van der Waals surface area contributed by atoms with Crippen molar-refractivity contribution < 1.29 is 4.74 Å². The van der Waals surface area contributed by atoms with Gasteiger partial charge in [-0.2, -0.15) is 0 Å². The lowest BCUT2D eigenvalue weighted by Crippen LogP contribution is -2.13. The topological polar surface area (TPSA) is 9.23 Å². The van der Waals surface area contributed by atoms with Crippen molar-refractivity contribution >= 4 is 0 Å². The van der Waals surface area contributed by atoms with Crippen molar-refractivity contribution in [1.82, 2.24) is 0 Å². The van der Waals surface area contributed by atoms with E-state index < -0.39 is 0 Å². The summed E-state index contributed by atoms with van der Waals surface area (Å²) in [5, 5.41) is 0. The maximum absolute atomic E-state index is 5.69. The van der Waals surface area contributed by atoms with E-state index >= 15 is 0 Å². The van der Waals surface area contributed by atoms with Crippen molar-refractivity contribution in [2.75, 3.05) is 6.61 Å². The molecule has 0 radical (unpaired) electrons. The summed E-state index contributed by atoms with van der Waals surface area (Å²) in [5.41, 5.74) is 2.75. The third-order valence-electron chi connectivity index (χ3n) is 5.19. The standard InChI is InChI=1S/C23H34O/c1-3-5-6-18-24-19-23-16-14-22(15-17-23)13-12-21-10-8-20(7-4-2)9-11-21/h3-4,7,14-17,20-21H,1,5-6,8-13,18-19H2,2H3. The van der Waals surface area contributed by atoms with E-state index in [9.17, 15) is 0 Å². The molecule has 0 spiro atoms. The van der Waals surface area contributed by atoms with Crippen molar-refractivity contribution in [3.8, 4) is 0 Å². The van der Waals surface area contributed by atoms with Crippen LogP contribution in [-0.2, 0) is 17.8 Å². The minimum atomic E-state index is 0.729. The molecule has 0 aromatic heterocycles. The van der Waals surface area contributed by atoms with Gasteiger partial charge in [0, 0.05) is 6.61 Å². The lowest BCUT2D eigenvalue weighted by Gasteiger charge is -2.26. The van der Waals surface area contributed by atoms with Crippen molar-refractivity contribution in [2.45, 2.75) is 64.9 Å². The molecule has 1 aliphatic rings. The first-order chi connectivity index (χ1) is 11.8. The highest BCUT2D eigenvalue weighted by atomic mass is 16.5. The monoisotopic (exact) mass is 326 g/mol. The molecular weight excluding hydrogens is 292 g/mol. The number of rotatable bonds is 10. The molecule has 24 heavy (non-hydrogen) atoms. The second kappa shape index (κ2) is 11.3. The summed E-state index contributed by atoms with van der Waals surface area (Å²) < 4.78 is 5.69. The highest BCUT2D eigenvalue weighted by Gasteiger charge is 2.18. The van der Waals surface area contributed by atoms with Crippen LogP contribution in [-0.4, -0.2) is 6.61 Å². The van der Waals surface area contributed by atoms with E-state index in [1.807, 2.05) is 6.08 Å². The quantitative estimate of drug-likeness (QED) is 0.353. The fourth-order valence-electron chi connectivity index (χ4n) is 3.63. The third-order valence-corrected chi connectivity index (χ3v) is 5.19. The molecule has 0 saturated heterocycles. The molecule has 1 aliphatic carbocycles. The summed E-state index contributed by atoms with van der Waals surface area (Å²) in [7, 11) is 0. The Morgan fingerprint density at radius 3 is 2.46 bits per heavy atom. The van der Waals surface area contributed by atoms with Crippen LogP contribution >= 0.6 is 0 Å². The average molecular weight is 327 g/mol. The van der Waals surface area contributed by atoms with E-state index in [4.69, 9.17) is 4.74 Å². The highest BCUT2D eigenvalue weighted by Crippen LogP contribution is 2.32. The molecule has 2 rings (SSSR count). The molecule has 0 atom stereocenters. The lowest BCUT2D eigenvalue weighted by atomic mass is 9.79. The number of hydrogen-bond donors (Lipinski definition) is 0. The maximum Gasteiger partial charge on any atom is 0.0716 e. The van der Waals surface area contributed by atoms with Crippen LogP contribution in [0.2, 0.25) is 0 Å². The lowest BCUT2D eigenvalue weighted by molar-refractivity contribution is 0.119. The van der Waals surface area contributed by atoms with Crippen LogP contribution in [0.25, 0.3) is 0 Å². The van der Waals surface area contributed by atoms with E-state index in [1.54, 1.807) is 0 Å². The Balaban J connectivity index is 1.64. The Morgan fingerprint density at radius 2 is 1.79 bits per heavy atom. The fourth-order valence-corrected chi connectivity index (χ4v) is 3.63. The van der Waals surface area contributed by atoms with E-state index in [-0.39, 0.29) is 0 Å². The zero-order valence-corrected chi connectivity index (χ0v) is 15.4. The second-order valence-corrected chi connectivity index (χ2v) is 7.15. The molecule has 1 heteroatoms. The summed E-state index contributed by atoms with van der Waals surface area (Å²) in [6.45, 7) is 7.42. The van der Waals surface area contributed by atoms with Crippen molar-refractivity contribution in [3.05, 3.63) is 60.2 Å². The van der Waals surface area contributed by atoms with E-state index in [0.717, 1.165) is 37.9 Å². The first-order valence-corrected chi connectivity index (χ1v) is 9.71. The van der Waals surface area contributed by atoms with Gasteiger partial charge in [-0.15, -0.1) is 6.58 Å². The minimum absolute atomic E-state index is 0.729. The van der Waals surface area contributed by atoms with E-state index in [2.05, 4.69) is 49.9 Å². The zero-order chi connectivity index (χ0) is 17.0. The second-order valence-electron chi connectivity index (χ2n) is 7.15. The van der Waals surface area contributed by atoms with Crippen molar-refractivity contribution in [1.29, 1.82) is 0 Å². The van der Waals surface area contributed by atoms with Gasteiger partial charge in [0.2, 0.25) is 0 Å². The Labute approximate surface area is 148 Å². The Morgan fingerprint density at radius 1 is 1.08 bits per heavy atom. The summed E-state index contributed by atoms with van der Waals surface area (Å²) in [5.74, 6) is 1.77. The number of hydrogen-bond acceptors (Lipinski definition) is 1. The molecule has 1 saturated carbocycles.